The lowest BCUT2D eigenvalue weighted by molar-refractivity contribution is -0.142. The molecule has 1 N–H and O–H groups in total. The highest BCUT2D eigenvalue weighted by atomic mass is 79.9. The lowest BCUT2D eigenvalue weighted by Gasteiger charge is -2.31. The zero-order chi connectivity index (χ0) is 25.4. The molecule has 0 aliphatic heterocycles. The second-order valence-electron chi connectivity index (χ2n) is 8.00. The van der Waals surface area contributed by atoms with Gasteiger partial charge in [-0.05, 0) is 63.3 Å². The smallest absolute Gasteiger partial charge is 0.261 e. The fourth-order valence-electron chi connectivity index (χ4n) is 3.66. The standard InChI is InChI=1S/C27H27BrCl2N2O3/c1-3-18-10-12-25(21(28)13-18)35-17-26(33)32(16-20-9-11-22(29)23(30)14-20)24(27(34)31-2)15-19-7-5-4-6-8-19/h4-14,24H,3,15-17H2,1-2H3,(H,31,34). The van der Waals surface area contributed by atoms with Crippen molar-refractivity contribution < 1.29 is 14.3 Å². The molecule has 184 valence electrons. The van der Waals surface area contributed by atoms with Crippen LogP contribution in [0.15, 0.2) is 71.2 Å². The maximum atomic E-state index is 13.5. The minimum absolute atomic E-state index is 0.167. The molecule has 8 heteroatoms. The van der Waals surface area contributed by atoms with Crippen molar-refractivity contribution in [2.75, 3.05) is 13.7 Å². The van der Waals surface area contributed by atoms with Gasteiger partial charge in [0.1, 0.15) is 11.8 Å². The molecule has 1 unspecified atom stereocenters. The van der Waals surface area contributed by atoms with Gasteiger partial charge in [0.25, 0.3) is 5.91 Å². The van der Waals surface area contributed by atoms with Gasteiger partial charge in [0, 0.05) is 20.0 Å². The molecule has 3 rings (SSSR count). The van der Waals surface area contributed by atoms with E-state index in [1.807, 2.05) is 48.5 Å². The molecule has 0 aliphatic carbocycles. The normalized spacial score (nSPS) is 11.6. The van der Waals surface area contributed by atoms with Crippen LogP contribution in [-0.4, -0.2) is 36.4 Å². The number of nitrogens with one attached hydrogen (secondary N) is 1. The molecular formula is C27H27BrCl2N2O3. The molecule has 0 saturated heterocycles. The molecule has 0 spiro atoms. The third-order valence-corrected chi connectivity index (χ3v) is 6.97. The quantitative estimate of drug-likeness (QED) is 0.317. The number of likely N-dealkylation sites (N-methyl/N-ethyl adjacent to an activating group) is 1. The Labute approximate surface area is 224 Å². The van der Waals surface area contributed by atoms with Crippen molar-refractivity contribution >= 4 is 50.9 Å². The predicted octanol–water partition coefficient (Wildman–Crippen LogP) is 6.08. The maximum Gasteiger partial charge on any atom is 0.261 e. The Kier molecular flexibility index (Phi) is 10.0. The fourth-order valence-corrected chi connectivity index (χ4v) is 4.52. The lowest BCUT2D eigenvalue weighted by Crippen LogP contribution is -2.51. The number of amides is 2. The molecule has 5 nitrogen and oxygen atoms in total. The number of aryl methyl sites for hydroxylation is 1. The molecule has 1 atom stereocenters. The Bertz CT molecular complexity index is 1170. The number of hydrogen-bond donors (Lipinski definition) is 1. The van der Waals surface area contributed by atoms with E-state index in [9.17, 15) is 9.59 Å². The largest absolute Gasteiger partial charge is 0.483 e. The highest BCUT2D eigenvalue weighted by molar-refractivity contribution is 9.10. The number of rotatable bonds is 10. The summed E-state index contributed by atoms with van der Waals surface area (Å²) in [6.45, 7) is 2.01. The summed E-state index contributed by atoms with van der Waals surface area (Å²) in [4.78, 5) is 28.0. The highest BCUT2D eigenvalue weighted by Gasteiger charge is 2.30. The number of nitrogens with zero attached hydrogens (tertiary/aromatic N) is 1. The number of halogens is 3. The zero-order valence-corrected chi connectivity index (χ0v) is 22.7. The molecule has 3 aromatic rings. The summed E-state index contributed by atoms with van der Waals surface area (Å²) >= 11 is 15.8. The van der Waals surface area contributed by atoms with Crippen LogP contribution in [0.3, 0.4) is 0 Å². The van der Waals surface area contributed by atoms with Gasteiger partial charge in [-0.3, -0.25) is 9.59 Å². The van der Waals surface area contributed by atoms with Crippen LogP contribution in [0.1, 0.15) is 23.6 Å². The number of benzene rings is 3. The first-order valence-electron chi connectivity index (χ1n) is 11.2. The van der Waals surface area contributed by atoms with Crippen LogP contribution >= 0.6 is 39.1 Å². The van der Waals surface area contributed by atoms with Crippen molar-refractivity contribution in [1.82, 2.24) is 10.2 Å². The van der Waals surface area contributed by atoms with Crippen molar-refractivity contribution in [2.45, 2.75) is 32.4 Å². The topological polar surface area (TPSA) is 58.6 Å². The maximum absolute atomic E-state index is 13.5. The van der Waals surface area contributed by atoms with Gasteiger partial charge in [-0.1, -0.05) is 72.6 Å². The van der Waals surface area contributed by atoms with Gasteiger partial charge in [0.05, 0.1) is 14.5 Å². The minimum atomic E-state index is -0.751. The van der Waals surface area contributed by atoms with E-state index in [1.165, 1.54) is 4.90 Å². The van der Waals surface area contributed by atoms with E-state index < -0.39 is 6.04 Å². The Morgan fingerprint density at radius 3 is 2.31 bits per heavy atom. The Hall–Kier alpha value is -2.54. The molecule has 0 heterocycles. The van der Waals surface area contributed by atoms with Crippen molar-refractivity contribution in [3.05, 3.63) is 97.9 Å². The minimum Gasteiger partial charge on any atom is -0.483 e. The van der Waals surface area contributed by atoms with Crippen LogP contribution in [0.5, 0.6) is 5.75 Å². The third kappa shape index (κ3) is 7.47. The zero-order valence-electron chi connectivity index (χ0n) is 19.6. The molecule has 0 aliphatic rings. The van der Waals surface area contributed by atoms with E-state index in [4.69, 9.17) is 27.9 Å². The van der Waals surface area contributed by atoms with Gasteiger partial charge >= 0.3 is 0 Å². The Balaban J connectivity index is 1.89. The molecule has 0 fully saturated rings. The Morgan fingerprint density at radius 1 is 0.971 bits per heavy atom. The van der Waals surface area contributed by atoms with E-state index >= 15 is 0 Å². The number of ether oxygens (including phenoxy) is 1. The van der Waals surface area contributed by atoms with E-state index in [1.54, 1.807) is 25.2 Å². The van der Waals surface area contributed by atoms with Gasteiger partial charge in [0.2, 0.25) is 5.91 Å². The van der Waals surface area contributed by atoms with E-state index in [-0.39, 0.29) is 25.0 Å². The molecule has 35 heavy (non-hydrogen) atoms. The second-order valence-corrected chi connectivity index (χ2v) is 9.67. The van der Waals surface area contributed by atoms with Crippen LogP contribution in [0.4, 0.5) is 0 Å². The molecule has 3 aromatic carbocycles. The monoisotopic (exact) mass is 576 g/mol. The van der Waals surface area contributed by atoms with Crippen molar-refractivity contribution in [3.8, 4) is 5.75 Å². The summed E-state index contributed by atoms with van der Waals surface area (Å²) in [5.41, 5.74) is 2.84. The summed E-state index contributed by atoms with van der Waals surface area (Å²) in [5.74, 6) is -0.0348. The summed E-state index contributed by atoms with van der Waals surface area (Å²) < 4.78 is 6.63. The van der Waals surface area contributed by atoms with Gasteiger partial charge in [-0.25, -0.2) is 0 Å². The van der Waals surface area contributed by atoms with Crippen LogP contribution in [0.25, 0.3) is 0 Å². The van der Waals surface area contributed by atoms with Crippen molar-refractivity contribution in [3.63, 3.8) is 0 Å². The average molecular weight is 578 g/mol. The molecular weight excluding hydrogens is 551 g/mol. The van der Waals surface area contributed by atoms with Crippen LogP contribution in [-0.2, 0) is 29.0 Å². The fraction of sp³-hybridized carbons (Fsp3) is 0.259. The van der Waals surface area contributed by atoms with Gasteiger partial charge in [-0.2, -0.15) is 0 Å². The first-order valence-corrected chi connectivity index (χ1v) is 12.8. The predicted molar refractivity (Wildman–Crippen MR) is 144 cm³/mol. The first-order chi connectivity index (χ1) is 16.8. The Morgan fingerprint density at radius 2 is 1.69 bits per heavy atom. The summed E-state index contributed by atoms with van der Waals surface area (Å²) in [5, 5.41) is 3.50. The van der Waals surface area contributed by atoms with Crippen LogP contribution in [0.2, 0.25) is 10.0 Å². The second kappa shape index (κ2) is 13.0. The molecule has 0 aromatic heterocycles. The summed E-state index contributed by atoms with van der Waals surface area (Å²) in [6.07, 6.45) is 1.24. The number of hydrogen-bond acceptors (Lipinski definition) is 3. The van der Waals surface area contributed by atoms with Crippen LogP contribution < -0.4 is 10.1 Å². The third-order valence-electron chi connectivity index (χ3n) is 5.61. The van der Waals surface area contributed by atoms with E-state index in [0.29, 0.717) is 22.2 Å². The number of carbonyl (C=O) groups excluding carboxylic acids is 2. The van der Waals surface area contributed by atoms with Gasteiger partial charge < -0.3 is 15.0 Å². The van der Waals surface area contributed by atoms with E-state index in [0.717, 1.165) is 27.6 Å². The number of carbonyl (C=O) groups is 2. The highest BCUT2D eigenvalue weighted by Crippen LogP contribution is 2.27. The summed E-state index contributed by atoms with van der Waals surface area (Å²) in [7, 11) is 1.56. The molecule has 0 bridgehead atoms. The molecule has 0 saturated carbocycles. The molecule has 2 amide bonds. The summed E-state index contributed by atoms with van der Waals surface area (Å²) in [6, 6.07) is 19.8. The van der Waals surface area contributed by atoms with Crippen molar-refractivity contribution in [2.24, 2.45) is 0 Å². The van der Waals surface area contributed by atoms with E-state index in [2.05, 4.69) is 28.2 Å². The van der Waals surface area contributed by atoms with Crippen LogP contribution in [0, 0.1) is 0 Å². The average Bonchev–Trinajstić information content (AvgIpc) is 2.87. The van der Waals surface area contributed by atoms with Gasteiger partial charge in [-0.15, -0.1) is 0 Å². The first kappa shape index (κ1) is 27.1. The van der Waals surface area contributed by atoms with Gasteiger partial charge in [0.15, 0.2) is 6.61 Å². The molecule has 0 radical (unpaired) electrons. The lowest BCUT2D eigenvalue weighted by atomic mass is 10.0. The van der Waals surface area contributed by atoms with Crippen molar-refractivity contribution in [1.29, 1.82) is 0 Å². The SMILES string of the molecule is CCc1ccc(OCC(=O)N(Cc2ccc(Cl)c(Cl)c2)C(Cc2ccccc2)C(=O)NC)c(Br)c1.